The fraction of sp³-hybridized carbons (Fsp3) is 0.588. The largest absolute Gasteiger partial charge is 0.311 e. The van der Waals surface area contributed by atoms with Crippen LogP contribution in [0.15, 0.2) is 24.3 Å². The minimum Gasteiger partial charge on any atom is -0.311 e. The zero-order valence-corrected chi connectivity index (χ0v) is 13.2. The molecule has 2 heterocycles. The summed E-state index contributed by atoms with van der Waals surface area (Å²) in [5, 5.41) is 9.53. The number of piperidine rings is 1. The minimum atomic E-state index is 0.822. The van der Waals surface area contributed by atoms with E-state index in [4.69, 9.17) is 0 Å². The van der Waals surface area contributed by atoms with E-state index in [0.717, 1.165) is 19.0 Å². The standard InChI is InChI=1S/C17H26N4/c1-3-21-10-8-14(9-11-21)12-18-13-16-15-6-4-5-7-17(15)20(2)19-16/h4-7,14,18H,3,8-13H2,1-2H3. The van der Waals surface area contributed by atoms with E-state index in [-0.39, 0.29) is 0 Å². The highest BCUT2D eigenvalue weighted by Crippen LogP contribution is 2.18. The number of hydrogen-bond donors (Lipinski definition) is 1. The number of nitrogens with one attached hydrogen (secondary N) is 1. The molecule has 0 unspecified atom stereocenters. The van der Waals surface area contributed by atoms with E-state index in [1.54, 1.807) is 0 Å². The van der Waals surface area contributed by atoms with Gasteiger partial charge in [0, 0.05) is 19.0 Å². The van der Waals surface area contributed by atoms with Crippen LogP contribution in [0.3, 0.4) is 0 Å². The van der Waals surface area contributed by atoms with Crippen molar-refractivity contribution >= 4 is 10.9 Å². The fourth-order valence-electron chi connectivity index (χ4n) is 3.32. The molecule has 114 valence electrons. The lowest BCUT2D eigenvalue weighted by Gasteiger charge is -2.31. The van der Waals surface area contributed by atoms with Crippen LogP contribution in [0.25, 0.3) is 10.9 Å². The van der Waals surface area contributed by atoms with E-state index in [1.165, 1.54) is 49.1 Å². The highest BCUT2D eigenvalue weighted by atomic mass is 15.3. The van der Waals surface area contributed by atoms with E-state index in [9.17, 15) is 0 Å². The van der Waals surface area contributed by atoms with Gasteiger partial charge in [0.1, 0.15) is 0 Å². The van der Waals surface area contributed by atoms with Crippen LogP contribution in [-0.2, 0) is 13.6 Å². The Balaban J connectivity index is 1.53. The van der Waals surface area contributed by atoms with Crippen LogP contribution in [0.4, 0.5) is 0 Å². The van der Waals surface area contributed by atoms with Gasteiger partial charge in [-0.1, -0.05) is 25.1 Å². The third-order valence-corrected chi connectivity index (χ3v) is 4.71. The Labute approximate surface area is 127 Å². The van der Waals surface area contributed by atoms with Crippen LogP contribution < -0.4 is 5.32 Å². The molecule has 4 nitrogen and oxygen atoms in total. The molecule has 1 aromatic carbocycles. The first-order valence-corrected chi connectivity index (χ1v) is 8.11. The first-order chi connectivity index (χ1) is 10.3. The van der Waals surface area contributed by atoms with E-state index < -0.39 is 0 Å². The second-order valence-electron chi connectivity index (χ2n) is 6.10. The summed E-state index contributed by atoms with van der Waals surface area (Å²) in [5.41, 5.74) is 2.38. The van der Waals surface area contributed by atoms with E-state index >= 15 is 0 Å². The number of aromatic nitrogens is 2. The molecule has 0 bridgehead atoms. The SMILES string of the molecule is CCN1CCC(CNCc2nn(C)c3ccccc23)CC1. The van der Waals surface area contributed by atoms with Gasteiger partial charge < -0.3 is 10.2 Å². The van der Waals surface area contributed by atoms with Crippen LogP contribution in [-0.4, -0.2) is 40.9 Å². The van der Waals surface area contributed by atoms with Gasteiger partial charge in [-0.15, -0.1) is 0 Å². The molecule has 1 N–H and O–H groups in total. The molecule has 1 aliphatic heterocycles. The summed E-state index contributed by atoms with van der Waals surface area (Å²) in [7, 11) is 2.02. The molecule has 0 radical (unpaired) electrons. The van der Waals surface area contributed by atoms with Crippen molar-refractivity contribution in [2.45, 2.75) is 26.3 Å². The topological polar surface area (TPSA) is 33.1 Å². The summed E-state index contributed by atoms with van der Waals surface area (Å²) in [4.78, 5) is 2.54. The summed E-state index contributed by atoms with van der Waals surface area (Å²) in [6.45, 7) is 7.95. The molecule has 0 spiro atoms. The predicted molar refractivity (Wildman–Crippen MR) is 87.3 cm³/mol. The summed E-state index contributed by atoms with van der Waals surface area (Å²) < 4.78 is 1.98. The van der Waals surface area contributed by atoms with Crippen molar-refractivity contribution in [2.75, 3.05) is 26.2 Å². The number of para-hydroxylation sites is 1. The third kappa shape index (κ3) is 3.27. The van der Waals surface area contributed by atoms with Gasteiger partial charge in [0.2, 0.25) is 0 Å². The highest BCUT2D eigenvalue weighted by Gasteiger charge is 2.17. The minimum absolute atomic E-state index is 0.822. The number of rotatable bonds is 5. The zero-order valence-electron chi connectivity index (χ0n) is 13.2. The molecule has 3 rings (SSSR count). The van der Waals surface area contributed by atoms with Crippen molar-refractivity contribution in [3.05, 3.63) is 30.0 Å². The Morgan fingerprint density at radius 3 is 2.76 bits per heavy atom. The van der Waals surface area contributed by atoms with Crippen LogP contribution in [0.1, 0.15) is 25.5 Å². The van der Waals surface area contributed by atoms with Crippen LogP contribution in [0.2, 0.25) is 0 Å². The molecule has 4 heteroatoms. The Hall–Kier alpha value is -1.39. The second-order valence-corrected chi connectivity index (χ2v) is 6.10. The zero-order chi connectivity index (χ0) is 14.7. The summed E-state index contributed by atoms with van der Waals surface area (Å²) >= 11 is 0. The highest BCUT2D eigenvalue weighted by molar-refractivity contribution is 5.81. The molecule has 0 aliphatic carbocycles. The Bertz CT molecular complexity index is 581. The van der Waals surface area contributed by atoms with Crippen molar-refractivity contribution in [1.82, 2.24) is 20.0 Å². The quantitative estimate of drug-likeness (QED) is 0.916. The Kier molecular flexibility index (Phi) is 4.56. The van der Waals surface area contributed by atoms with Crippen molar-refractivity contribution < 1.29 is 0 Å². The average molecular weight is 286 g/mol. The smallest absolute Gasteiger partial charge is 0.0841 e. The molecule has 1 aromatic heterocycles. The normalized spacial score (nSPS) is 17.6. The predicted octanol–water partition coefficient (Wildman–Crippen LogP) is 2.39. The van der Waals surface area contributed by atoms with Crippen molar-refractivity contribution in [3.8, 4) is 0 Å². The maximum absolute atomic E-state index is 4.64. The van der Waals surface area contributed by atoms with E-state index in [0.29, 0.717) is 0 Å². The Morgan fingerprint density at radius 2 is 2.00 bits per heavy atom. The Morgan fingerprint density at radius 1 is 1.24 bits per heavy atom. The van der Waals surface area contributed by atoms with Gasteiger partial charge in [-0.2, -0.15) is 5.10 Å². The van der Waals surface area contributed by atoms with Gasteiger partial charge in [0.15, 0.2) is 0 Å². The molecule has 1 fully saturated rings. The first kappa shape index (κ1) is 14.5. The maximum Gasteiger partial charge on any atom is 0.0841 e. The lowest BCUT2D eigenvalue weighted by molar-refractivity contribution is 0.190. The van der Waals surface area contributed by atoms with Gasteiger partial charge in [-0.3, -0.25) is 4.68 Å². The van der Waals surface area contributed by atoms with Gasteiger partial charge in [-0.05, 0) is 51.0 Å². The van der Waals surface area contributed by atoms with Crippen molar-refractivity contribution in [2.24, 2.45) is 13.0 Å². The lowest BCUT2D eigenvalue weighted by Crippen LogP contribution is -2.37. The van der Waals surface area contributed by atoms with E-state index in [2.05, 4.69) is 46.5 Å². The van der Waals surface area contributed by atoms with Crippen LogP contribution in [0, 0.1) is 5.92 Å². The summed E-state index contributed by atoms with van der Waals surface area (Å²) in [5.74, 6) is 0.822. The molecule has 2 aromatic rings. The summed E-state index contributed by atoms with van der Waals surface area (Å²) in [6, 6.07) is 8.46. The van der Waals surface area contributed by atoms with Crippen molar-refractivity contribution in [3.63, 3.8) is 0 Å². The molecule has 1 saturated heterocycles. The van der Waals surface area contributed by atoms with Gasteiger partial charge in [0.05, 0.1) is 11.2 Å². The first-order valence-electron chi connectivity index (χ1n) is 8.11. The number of nitrogens with zero attached hydrogens (tertiary/aromatic N) is 3. The third-order valence-electron chi connectivity index (χ3n) is 4.71. The number of aryl methyl sites for hydroxylation is 1. The summed E-state index contributed by atoms with van der Waals surface area (Å²) in [6.07, 6.45) is 2.65. The molecule has 1 aliphatic rings. The van der Waals surface area contributed by atoms with Crippen LogP contribution >= 0.6 is 0 Å². The molecule has 0 saturated carbocycles. The van der Waals surface area contributed by atoms with Crippen molar-refractivity contribution in [1.29, 1.82) is 0 Å². The maximum atomic E-state index is 4.64. The number of hydrogen-bond acceptors (Lipinski definition) is 3. The molecule has 21 heavy (non-hydrogen) atoms. The van der Waals surface area contributed by atoms with Gasteiger partial charge >= 0.3 is 0 Å². The number of benzene rings is 1. The molecule has 0 amide bonds. The van der Waals surface area contributed by atoms with E-state index in [1.807, 2.05) is 11.7 Å². The fourth-order valence-corrected chi connectivity index (χ4v) is 3.32. The second kappa shape index (κ2) is 6.58. The molecular weight excluding hydrogens is 260 g/mol. The molecular formula is C17H26N4. The monoisotopic (exact) mass is 286 g/mol. The number of likely N-dealkylation sites (tertiary alicyclic amines) is 1. The number of fused-ring (bicyclic) bond motifs is 1. The lowest BCUT2D eigenvalue weighted by atomic mass is 9.97. The average Bonchev–Trinajstić information content (AvgIpc) is 2.85. The van der Waals surface area contributed by atoms with Gasteiger partial charge in [0.25, 0.3) is 0 Å². The molecule has 0 atom stereocenters. The van der Waals surface area contributed by atoms with Gasteiger partial charge in [-0.25, -0.2) is 0 Å². The van der Waals surface area contributed by atoms with Crippen LogP contribution in [0.5, 0.6) is 0 Å².